The molecule has 0 bridgehead atoms. The van der Waals surface area contributed by atoms with E-state index in [1.807, 2.05) is 12.2 Å². The molecule has 1 aromatic carbocycles. The Bertz CT molecular complexity index is 2110. The molecule has 1 saturated heterocycles. The van der Waals surface area contributed by atoms with E-state index in [2.05, 4.69) is 30.3 Å². The highest BCUT2D eigenvalue weighted by molar-refractivity contribution is 7.91. The van der Waals surface area contributed by atoms with E-state index in [1.165, 1.54) is 35.4 Å². The van der Waals surface area contributed by atoms with Crippen LogP contribution in [0.15, 0.2) is 48.8 Å². The number of aromatic nitrogens is 3. The number of benzene rings is 1. The van der Waals surface area contributed by atoms with Gasteiger partial charge in [0.15, 0.2) is 5.82 Å². The van der Waals surface area contributed by atoms with Gasteiger partial charge < -0.3 is 20.3 Å². The molecular weight excluding hydrogens is 713 g/mol. The summed E-state index contributed by atoms with van der Waals surface area (Å²) in [6, 6.07) is 2.76. The summed E-state index contributed by atoms with van der Waals surface area (Å²) in [5.74, 6) is -4.84. The number of sulfonamides is 1. The first kappa shape index (κ1) is 36.3. The zero-order chi connectivity index (χ0) is 37.5. The molecule has 3 N–H and O–H groups in total. The van der Waals surface area contributed by atoms with E-state index >= 15 is 0 Å². The zero-order valence-corrected chi connectivity index (χ0v) is 29.7. The van der Waals surface area contributed by atoms with Crippen molar-refractivity contribution in [3.8, 4) is 5.88 Å². The summed E-state index contributed by atoms with van der Waals surface area (Å²) in [5, 5.41) is 4.79. The van der Waals surface area contributed by atoms with Gasteiger partial charge in [0.1, 0.15) is 35.2 Å². The van der Waals surface area contributed by atoms with Crippen LogP contribution in [0.4, 0.5) is 8.78 Å². The Balaban J connectivity index is 1.20. The maximum Gasteiger partial charge on any atom is 0.259 e. The Morgan fingerprint density at radius 2 is 1.87 bits per heavy atom. The molecule has 3 aromatic rings. The molecule has 4 aliphatic rings. The van der Waals surface area contributed by atoms with Crippen LogP contribution >= 0.6 is 0 Å². The molecular formula is C36H39F2N7O7S. The van der Waals surface area contributed by atoms with Crippen LogP contribution in [0.5, 0.6) is 5.88 Å². The first-order valence-corrected chi connectivity index (χ1v) is 19.3. The van der Waals surface area contributed by atoms with Crippen LogP contribution in [0.25, 0.3) is 11.0 Å². The second kappa shape index (κ2) is 14.4. The third-order valence-corrected chi connectivity index (χ3v) is 12.0. The lowest BCUT2D eigenvalue weighted by Gasteiger charge is -2.30. The predicted octanol–water partition coefficient (Wildman–Crippen LogP) is 2.76. The number of carbonyl (C=O) groups excluding carboxylic acids is 4. The average molecular weight is 752 g/mol. The Kier molecular flexibility index (Phi) is 9.86. The summed E-state index contributed by atoms with van der Waals surface area (Å²) in [6.45, 7) is 1.51. The van der Waals surface area contributed by atoms with Gasteiger partial charge in [-0.1, -0.05) is 25.0 Å². The Hall–Kier alpha value is -5.06. The van der Waals surface area contributed by atoms with Gasteiger partial charge in [0.2, 0.25) is 27.7 Å². The number of ether oxygens (including phenoxy) is 1. The molecule has 1 unspecified atom stereocenters. The third-order valence-electron chi connectivity index (χ3n) is 10.2. The van der Waals surface area contributed by atoms with Crippen molar-refractivity contribution in [3.63, 3.8) is 0 Å². The number of fused-ring (bicyclic) bond motifs is 3. The van der Waals surface area contributed by atoms with E-state index in [-0.39, 0.29) is 42.8 Å². The largest absolute Gasteiger partial charge is 0.471 e. The van der Waals surface area contributed by atoms with E-state index in [0.717, 1.165) is 12.6 Å². The summed E-state index contributed by atoms with van der Waals surface area (Å²) in [4.78, 5) is 69.5. The highest BCUT2D eigenvalue weighted by Crippen LogP contribution is 2.46. The average Bonchev–Trinajstić information content (AvgIpc) is 4.04. The third kappa shape index (κ3) is 7.70. The zero-order valence-electron chi connectivity index (χ0n) is 28.9. The number of nitrogens with zero attached hydrogens (tertiary/aromatic N) is 4. The second-order valence-electron chi connectivity index (χ2n) is 14.1. The summed E-state index contributed by atoms with van der Waals surface area (Å²) in [5.41, 5.74) is -0.814. The number of aryl methyl sites for hydroxylation is 1. The number of allylic oxidation sites excluding steroid dienone is 1. The molecule has 2 aromatic heterocycles. The van der Waals surface area contributed by atoms with Crippen LogP contribution in [-0.4, -0.2) is 87.4 Å². The normalized spacial score (nSPS) is 27.0. The second-order valence-corrected chi connectivity index (χ2v) is 16.1. The van der Waals surface area contributed by atoms with Crippen molar-refractivity contribution in [3.05, 3.63) is 71.7 Å². The minimum Gasteiger partial charge on any atom is -0.471 e. The fraction of sp³-hybridized carbons (Fsp3) is 0.472. The number of hydrogen-bond acceptors (Lipinski definition) is 10. The van der Waals surface area contributed by atoms with Gasteiger partial charge in [0.05, 0.1) is 34.6 Å². The van der Waals surface area contributed by atoms with E-state index in [0.29, 0.717) is 43.3 Å². The Labute approximate surface area is 304 Å². The molecule has 4 amide bonds. The fourth-order valence-electron chi connectivity index (χ4n) is 7.01. The first-order valence-electron chi connectivity index (χ1n) is 17.7. The van der Waals surface area contributed by atoms with E-state index < -0.39 is 80.2 Å². The van der Waals surface area contributed by atoms with Crippen molar-refractivity contribution in [2.45, 2.75) is 93.7 Å². The van der Waals surface area contributed by atoms with Gasteiger partial charge in [0.25, 0.3) is 11.8 Å². The minimum atomic E-state index is -3.93. The van der Waals surface area contributed by atoms with Gasteiger partial charge in [0, 0.05) is 24.6 Å². The highest BCUT2D eigenvalue weighted by Gasteiger charge is 2.62. The lowest BCUT2D eigenvalue weighted by atomic mass is 10.0. The van der Waals surface area contributed by atoms with Gasteiger partial charge in [-0.05, 0) is 63.6 Å². The summed E-state index contributed by atoms with van der Waals surface area (Å²) < 4.78 is 62.5. The van der Waals surface area contributed by atoms with Gasteiger partial charge in [-0.2, -0.15) is 0 Å². The summed E-state index contributed by atoms with van der Waals surface area (Å²) in [6.07, 6.45) is 8.70. The number of hydrogen-bond donors (Lipinski definition) is 3. The van der Waals surface area contributed by atoms with Crippen molar-refractivity contribution in [1.82, 2.24) is 35.2 Å². The van der Waals surface area contributed by atoms with Crippen molar-refractivity contribution in [2.24, 2.45) is 5.92 Å². The fourth-order valence-corrected chi connectivity index (χ4v) is 8.38. The van der Waals surface area contributed by atoms with E-state index in [4.69, 9.17) is 4.74 Å². The summed E-state index contributed by atoms with van der Waals surface area (Å²) >= 11 is 0. The van der Waals surface area contributed by atoms with Crippen molar-refractivity contribution in [1.29, 1.82) is 0 Å². The molecule has 0 spiro atoms. The maximum absolute atomic E-state index is 14.5. The molecule has 3 fully saturated rings. The number of nitrogens with one attached hydrogen (secondary N) is 3. The SMILES string of the molecule is Cc1nc2ccc(F)cc2nc1O[C@@H]1C[C@H]2C(=O)N[C@]3(C(=O)NS(=O)(=O)C4CC4)CC3/C=C\CCCCC[C@H](NC(=O)c3ccncc3F)C(=O)N2C1. The number of rotatable bonds is 7. The molecule has 2 aliphatic carbocycles. The molecule has 0 radical (unpaired) electrons. The minimum absolute atomic E-state index is 0.0650. The standard InChI is InChI=1S/C36H39F2N7O7S/c1-20-33(42-29-15-22(37)9-12-27(29)40-20)52-23-16-30-32(47)43-36(35(49)44-53(50,51)24-10-11-24)17-21(36)7-5-3-2-4-6-8-28(34(48)45(30)19-23)41-31(46)25-13-14-39-18-26(25)38/h5,7,9,12-15,18,21,23-24,28,30H,2-4,6,8,10-11,16-17,19H2,1H3,(H,41,46)(H,43,47)(H,44,49)/b7-5-/t21?,23-,28+,30+,36-/m1/s1. The van der Waals surface area contributed by atoms with Gasteiger partial charge in [-0.3, -0.25) is 28.9 Å². The maximum atomic E-state index is 14.5. The van der Waals surface area contributed by atoms with Crippen molar-refractivity contribution in [2.75, 3.05) is 6.54 Å². The van der Waals surface area contributed by atoms with Gasteiger partial charge in [-0.25, -0.2) is 27.2 Å². The molecule has 4 heterocycles. The number of pyridine rings is 1. The molecule has 280 valence electrons. The molecule has 53 heavy (non-hydrogen) atoms. The van der Waals surface area contributed by atoms with Gasteiger partial charge in [-0.15, -0.1) is 0 Å². The smallest absolute Gasteiger partial charge is 0.259 e. The summed E-state index contributed by atoms with van der Waals surface area (Å²) in [7, 11) is -3.93. The van der Waals surface area contributed by atoms with E-state index in [9.17, 15) is 36.4 Å². The molecule has 7 rings (SSSR count). The van der Waals surface area contributed by atoms with Crippen LogP contribution in [-0.2, 0) is 24.4 Å². The number of carbonyl (C=O) groups is 4. The lowest BCUT2D eigenvalue weighted by Crippen LogP contribution is -2.58. The lowest BCUT2D eigenvalue weighted by molar-refractivity contribution is -0.141. The van der Waals surface area contributed by atoms with Crippen LogP contribution < -0.4 is 20.1 Å². The van der Waals surface area contributed by atoms with Crippen LogP contribution in [0.2, 0.25) is 0 Å². The Morgan fingerprint density at radius 1 is 1.06 bits per heavy atom. The van der Waals surface area contributed by atoms with Crippen LogP contribution in [0.3, 0.4) is 0 Å². The molecule has 17 heteroatoms. The van der Waals surface area contributed by atoms with Crippen molar-refractivity contribution >= 4 is 44.7 Å². The highest BCUT2D eigenvalue weighted by atomic mass is 32.2. The molecule has 14 nitrogen and oxygen atoms in total. The quantitative estimate of drug-likeness (QED) is 0.303. The Morgan fingerprint density at radius 3 is 2.64 bits per heavy atom. The monoisotopic (exact) mass is 751 g/mol. The van der Waals surface area contributed by atoms with Gasteiger partial charge >= 0.3 is 0 Å². The van der Waals surface area contributed by atoms with Crippen molar-refractivity contribution < 1.29 is 41.1 Å². The topological polar surface area (TPSA) is 190 Å². The number of halogens is 2. The molecule has 5 atom stereocenters. The molecule has 2 saturated carbocycles. The molecule has 2 aliphatic heterocycles. The van der Waals surface area contributed by atoms with Crippen LogP contribution in [0.1, 0.15) is 73.8 Å². The van der Waals surface area contributed by atoms with E-state index in [1.54, 1.807) is 6.92 Å². The van der Waals surface area contributed by atoms with Crippen LogP contribution in [0, 0.1) is 24.5 Å². The predicted molar refractivity (Wildman–Crippen MR) is 186 cm³/mol. The first-order chi connectivity index (χ1) is 25.3. The number of amides is 4.